The van der Waals surface area contributed by atoms with Gasteiger partial charge in [-0.3, -0.25) is 5.26 Å². The van der Waals surface area contributed by atoms with E-state index >= 15 is 0 Å². The van der Waals surface area contributed by atoms with Gasteiger partial charge in [0.2, 0.25) is 0 Å². The summed E-state index contributed by atoms with van der Waals surface area (Å²) < 4.78 is 1.42. The molecule has 0 amide bonds. The molecule has 4 nitrogen and oxygen atoms in total. The van der Waals surface area contributed by atoms with Gasteiger partial charge in [0.25, 0.3) is 0 Å². The Kier molecular flexibility index (Phi) is 2.58. The smallest absolute Gasteiger partial charge is 0.125 e. The van der Waals surface area contributed by atoms with Gasteiger partial charge in [-0.25, -0.2) is 4.89 Å². The summed E-state index contributed by atoms with van der Waals surface area (Å²) in [7, 11) is 0. The van der Waals surface area contributed by atoms with E-state index < -0.39 is 0 Å². The fourth-order valence-electron chi connectivity index (χ4n) is 0.692. The second kappa shape index (κ2) is 3.47. The maximum absolute atomic E-state index is 9.05. The Balaban J connectivity index is 3.02. The molecule has 11 heavy (non-hydrogen) atoms. The van der Waals surface area contributed by atoms with Crippen molar-refractivity contribution in [3.05, 3.63) is 28.5 Å². The van der Waals surface area contributed by atoms with Gasteiger partial charge in [0.05, 0.1) is 5.69 Å². The van der Waals surface area contributed by atoms with Crippen LogP contribution in [0.4, 0.5) is 0 Å². The van der Waals surface area contributed by atoms with E-state index in [0.717, 1.165) is 4.73 Å². The SMILES string of the molecule is OOCc1cc(=S)ccn1O. The van der Waals surface area contributed by atoms with Gasteiger partial charge in [-0.1, -0.05) is 12.2 Å². The van der Waals surface area contributed by atoms with Crippen molar-refractivity contribution in [1.29, 1.82) is 0 Å². The third-order valence-corrected chi connectivity index (χ3v) is 1.45. The zero-order valence-corrected chi connectivity index (χ0v) is 6.41. The average Bonchev–Trinajstić information content (AvgIpc) is 1.98. The first-order valence-electron chi connectivity index (χ1n) is 2.91. The van der Waals surface area contributed by atoms with Gasteiger partial charge in [-0.2, -0.15) is 4.73 Å². The first-order chi connectivity index (χ1) is 5.24. The van der Waals surface area contributed by atoms with Gasteiger partial charge in [-0.05, 0) is 12.1 Å². The zero-order valence-electron chi connectivity index (χ0n) is 5.60. The third kappa shape index (κ3) is 2.01. The van der Waals surface area contributed by atoms with E-state index in [-0.39, 0.29) is 6.61 Å². The highest BCUT2D eigenvalue weighted by atomic mass is 32.1. The van der Waals surface area contributed by atoms with Crippen LogP contribution < -0.4 is 0 Å². The number of aromatic nitrogens is 1. The second-order valence-electron chi connectivity index (χ2n) is 1.97. The van der Waals surface area contributed by atoms with Crippen LogP contribution in [0.1, 0.15) is 5.69 Å². The van der Waals surface area contributed by atoms with E-state index in [4.69, 9.17) is 22.7 Å². The van der Waals surface area contributed by atoms with Crippen LogP contribution in [0, 0.1) is 4.51 Å². The lowest BCUT2D eigenvalue weighted by Gasteiger charge is -2.03. The molecule has 0 spiro atoms. The minimum absolute atomic E-state index is 0.0824. The lowest BCUT2D eigenvalue weighted by Crippen LogP contribution is -2.02. The van der Waals surface area contributed by atoms with Crippen LogP contribution in [0.5, 0.6) is 0 Å². The standard InChI is InChI=1S/C6H7NO3S/c8-7-2-1-6(11)3-5(7)4-10-9/h1-3,8-9H,4H2. The van der Waals surface area contributed by atoms with E-state index in [1.807, 2.05) is 0 Å². The van der Waals surface area contributed by atoms with Crippen molar-refractivity contribution in [2.75, 3.05) is 0 Å². The molecule has 1 aromatic rings. The molecule has 0 bridgehead atoms. The molecule has 0 aromatic carbocycles. The normalized spacial score (nSPS) is 9.91. The molecule has 0 saturated heterocycles. The van der Waals surface area contributed by atoms with Crippen LogP contribution in [0.2, 0.25) is 0 Å². The summed E-state index contributed by atoms with van der Waals surface area (Å²) in [6.45, 7) is -0.0824. The maximum atomic E-state index is 9.05. The number of hydrogen-bond acceptors (Lipinski definition) is 4. The molecule has 0 atom stereocenters. The second-order valence-corrected chi connectivity index (χ2v) is 2.44. The minimum atomic E-state index is -0.0824. The lowest BCUT2D eigenvalue weighted by atomic mass is 10.4. The summed E-state index contributed by atoms with van der Waals surface area (Å²) in [6, 6.07) is 3.10. The molecule has 0 radical (unpaired) electrons. The molecule has 0 aliphatic rings. The van der Waals surface area contributed by atoms with Gasteiger partial charge in [-0.15, -0.1) is 0 Å². The highest BCUT2D eigenvalue weighted by Gasteiger charge is 1.96. The first-order valence-corrected chi connectivity index (χ1v) is 3.32. The third-order valence-electron chi connectivity index (χ3n) is 1.20. The number of nitrogens with zero attached hydrogens (tertiary/aromatic N) is 1. The molecule has 0 saturated carbocycles. The van der Waals surface area contributed by atoms with Crippen molar-refractivity contribution in [1.82, 2.24) is 4.73 Å². The topological polar surface area (TPSA) is 54.6 Å². The first kappa shape index (κ1) is 8.19. The van der Waals surface area contributed by atoms with Crippen LogP contribution in [-0.2, 0) is 11.5 Å². The molecular weight excluding hydrogens is 166 g/mol. The van der Waals surface area contributed by atoms with Crippen LogP contribution in [0.15, 0.2) is 18.3 Å². The molecule has 0 aliphatic heterocycles. The summed E-state index contributed by atoms with van der Waals surface area (Å²) >= 11 is 4.81. The molecule has 0 unspecified atom stereocenters. The van der Waals surface area contributed by atoms with Crippen molar-refractivity contribution in [2.45, 2.75) is 6.61 Å². The Morgan fingerprint density at radius 2 is 2.36 bits per heavy atom. The zero-order chi connectivity index (χ0) is 8.27. The summed E-state index contributed by atoms with van der Waals surface area (Å²) in [6.07, 6.45) is 1.39. The Hall–Kier alpha value is -0.910. The van der Waals surface area contributed by atoms with Gasteiger partial charge in [0.1, 0.15) is 6.61 Å². The molecule has 1 heterocycles. The van der Waals surface area contributed by atoms with E-state index in [1.54, 1.807) is 6.07 Å². The van der Waals surface area contributed by atoms with Crippen LogP contribution in [-0.4, -0.2) is 15.2 Å². The van der Waals surface area contributed by atoms with Crippen molar-refractivity contribution in [2.24, 2.45) is 0 Å². The fourth-order valence-corrected chi connectivity index (χ4v) is 0.889. The molecule has 5 heteroatoms. The summed E-state index contributed by atoms with van der Waals surface area (Å²) in [5.41, 5.74) is 0.403. The predicted octanol–water partition coefficient (Wildman–Crippen LogP) is 1.44. The maximum Gasteiger partial charge on any atom is 0.125 e. The monoisotopic (exact) mass is 173 g/mol. The Labute approximate surface area is 68.2 Å². The molecule has 0 aliphatic carbocycles. The molecule has 0 fully saturated rings. The van der Waals surface area contributed by atoms with Crippen LogP contribution >= 0.6 is 12.2 Å². The predicted molar refractivity (Wildman–Crippen MR) is 39.9 cm³/mol. The molecule has 1 rings (SSSR count). The molecular formula is C6H7NO3S. The van der Waals surface area contributed by atoms with Gasteiger partial charge in [0.15, 0.2) is 0 Å². The van der Waals surface area contributed by atoms with Crippen molar-refractivity contribution < 1.29 is 15.4 Å². The summed E-state index contributed by atoms with van der Waals surface area (Å²) in [4.78, 5) is 3.84. The summed E-state index contributed by atoms with van der Waals surface area (Å²) in [5, 5.41) is 17.1. The minimum Gasteiger partial charge on any atom is -0.429 e. The molecule has 2 N–H and O–H groups in total. The number of hydrogen-bond donors (Lipinski definition) is 2. The average molecular weight is 173 g/mol. The molecule has 1 aromatic heterocycles. The van der Waals surface area contributed by atoms with Gasteiger partial charge < -0.3 is 5.21 Å². The Bertz CT molecular complexity index is 296. The quantitative estimate of drug-likeness (QED) is 0.307. The summed E-state index contributed by atoms with van der Waals surface area (Å²) in [5.74, 6) is 0. The van der Waals surface area contributed by atoms with Crippen molar-refractivity contribution >= 4 is 12.2 Å². The molecule has 60 valence electrons. The highest BCUT2D eigenvalue weighted by molar-refractivity contribution is 7.71. The van der Waals surface area contributed by atoms with Crippen LogP contribution in [0.25, 0.3) is 0 Å². The fraction of sp³-hybridized carbons (Fsp3) is 0.167. The van der Waals surface area contributed by atoms with E-state index in [2.05, 4.69) is 4.89 Å². The van der Waals surface area contributed by atoms with E-state index in [1.165, 1.54) is 12.3 Å². The van der Waals surface area contributed by atoms with Crippen LogP contribution in [0.3, 0.4) is 0 Å². The van der Waals surface area contributed by atoms with E-state index in [0.29, 0.717) is 10.2 Å². The number of rotatable bonds is 2. The Morgan fingerprint density at radius 3 is 3.00 bits per heavy atom. The largest absolute Gasteiger partial charge is 0.429 e. The van der Waals surface area contributed by atoms with Crippen molar-refractivity contribution in [3.8, 4) is 0 Å². The lowest BCUT2D eigenvalue weighted by molar-refractivity contribution is -0.255. The van der Waals surface area contributed by atoms with Gasteiger partial charge in [0, 0.05) is 10.7 Å². The number of pyridine rings is 1. The van der Waals surface area contributed by atoms with E-state index in [9.17, 15) is 0 Å². The Morgan fingerprint density at radius 1 is 1.64 bits per heavy atom. The highest BCUT2D eigenvalue weighted by Crippen LogP contribution is 2.00. The van der Waals surface area contributed by atoms with Crippen molar-refractivity contribution in [3.63, 3.8) is 0 Å². The van der Waals surface area contributed by atoms with Gasteiger partial charge >= 0.3 is 0 Å².